The Labute approximate surface area is 153 Å². The smallest absolute Gasteiger partial charge is 0.264 e. The normalized spacial score (nSPS) is 29.0. The Bertz CT molecular complexity index is 745. The predicted molar refractivity (Wildman–Crippen MR) is 97.3 cm³/mol. The molecule has 1 aliphatic carbocycles. The summed E-state index contributed by atoms with van der Waals surface area (Å²) in [6.07, 6.45) is 4.03. The standard InChI is InChI=1S/C20H26N2O4/c1-13-11-22(9-8-20(13,25)15-4-3-5-15)19(24)14-6-7-17-16(10-14)21(2)18(23)12-26-17/h6-7,10,13,15,25H,3-5,8-9,11-12H2,1-2H3/t13-,20+/m1/s1. The van der Waals surface area contributed by atoms with E-state index >= 15 is 0 Å². The number of amides is 2. The van der Waals surface area contributed by atoms with Crippen molar-refractivity contribution in [3.63, 3.8) is 0 Å². The van der Waals surface area contributed by atoms with Gasteiger partial charge in [-0.3, -0.25) is 9.59 Å². The van der Waals surface area contributed by atoms with Crippen molar-refractivity contribution in [1.82, 2.24) is 4.90 Å². The van der Waals surface area contributed by atoms with Crippen LogP contribution in [-0.4, -0.2) is 54.2 Å². The van der Waals surface area contributed by atoms with Gasteiger partial charge in [-0.2, -0.15) is 0 Å². The molecular formula is C20H26N2O4. The quantitative estimate of drug-likeness (QED) is 0.878. The molecule has 2 amide bonds. The number of piperidine rings is 1. The molecule has 140 valence electrons. The van der Waals surface area contributed by atoms with E-state index in [0.717, 1.165) is 12.8 Å². The number of nitrogens with zero attached hydrogens (tertiary/aromatic N) is 2. The second-order valence-electron chi connectivity index (χ2n) is 7.95. The SMILES string of the molecule is C[C@@H]1CN(C(=O)c2ccc3c(c2)N(C)C(=O)CO3)CC[C@@]1(O)C1CCC1. The summed E-state index contributed by atoms with van der Waals surface area (Å²) in [5.41, 5.74) is 0.545. The van der Waals surface area contributed by atoms with Gasteiger partial charge in [0.25, 0.3) is 11.8 Å². The topological polar surface area (TPSA) is 70.1 Å². The van der Waals surface area contributed by atoms with Gasteiger partial charge in [-0.1, -0.05) is 13.3 Å². The molecule has 1 aromatic rings. The molecule has 1 saturated heterocycles. The van der Waals surface area contributed by atoms with Gasteiger partial charge in [0.1, 0.15) is 5.75 Å². The molecule has 6 heteroatoms. The van der Waals surface area contributed by atoms with Crippen LogP contribution < -0.4 is 9.64 Å². The maximum atomic E-state index is 13.0. The summed E-state index contributed by atoms with van der Waals surface area (Å²) >= 11 is 0. The van der Waals surface area contributed by atoms with E-state index in [4.69, 9.17) is 4.74 Å². The van der Waals surface area contributed by atoms with Crippen molar-refractivity contribution >= 4 is 17.5 Å². The number of carbonyl (C=O) groups is 2. The van der Waals surface area contributed by atoms with E-state index in [2.05, 4.69) is 0 Å². The molecule has 4 rings (SSSR count). The minimum Gasteiger partial charge on any atom is -0.482 e. The number of likely N-dealkylation sites (tertiary alicyclic amines) is 1. The molecule has 2 aliphatic heterocycles. The molecule has 6 nitrogen and oxygen atoms in total. The summed E-state index contributed by atoms with van der Waals surface area (Å²) in [4.78, 5) is 28.2. The highest BCUT2D eigenvalue weighted by molar-refractivity contribution is 6.01. The number of rotatable bonds is 2. The number of hydrogen-bond donors (Lipinski definition) is 1. The Kier molecular flexibility index (Phi) is 4.18. The Balaban J connectivity index is 1.51. The van der Waals surface area contributed by atoms with Crippen molar-refractivity contribution < 1.29 is 19.4 Å². The van der Waals surface area contributed by atoms with Crippen molar-refractivity contribution in [2.75, 3.05) is 31.6 Å². The molecule has 26 heavy (non-hydrogen) atoms. The van der Waals surface area contributed by atoms with Crippen LogP contribution in [0.3, 0.4) is 0 Å². The minimum atomic E-state index is -0.634. The van der Waals surface area contributed by atoms with Crippen LogP contribution in [0.15, 0.2) is 18.2 Å². The first-order valence-corrected chi connectivity index (χ1v) is 9.45. The lowest BCUT2D eigenvalue weighted by Crippen LogP contribution is -2.57. The van der Waals surface area contributed by atoms with E-state index in [1.807, 2.05) is 11.8 Å². The van der Waals surface area contributed by atoms with Crippen molar-refractivity contribution in [1.29, 1.82) is 0 Å². The number of ether oxygens (including phenoxy) is 1. The van der Waals surface area contributed by atoms with Gasteiger partial charge in [0.05, 0.1) is 11.3 Å². The molecule has 3 aliphatic rings. The lowest BCUT2D eigenvalue weighted by atomic mass is 9.65. The lowest BCUT2D eigenvalue weighted by molar-refractivity contribution is -0.122. The van der Waals surface area contributed by atoms with E-state index in [0.29, 0.717) is 42.4 Å². The number of likely N-dealkylation sites (N-methyl/N-ethyl adjacent to an activating group) is 1. The highest BCUT2D eigenvalue weighted by Gasteiger charge is 2.47. The summed E-state index contributed by atoms with van der Waals surface area (Å²) in [5.74, 6) is 0.891. The van der Waals surface area contributed by atoms with Gasteiger partial charge in [0.15, 0.2) is 6.61 Å². The first kappa shape index (κ1) is 17.3. The van der Waals surface area contributed by atoms with Gasteiger partial charge < -0.3 is 19.6 Å². The van der Waals surface area contributed by atoms with Crippen LogP contribution in [0.25, 0.3) is 0 Å². The monoisotopic (exact) mass is 358 g/mol. The third kappa shape index (κ3) is 2.67. The highest BCUT2D eigenvalue weighted by Crippen LogP contribution is 2.44. The van der Waals surface area contributed by atoms with Crippen LogP contribution in [-0.2, 0) is 4.79 Å². The Hall–Kier alpha value is -2.08. The van der Waals surface area contributed by atoms with Crippen LogP contribution in [0.5, 0.6) is 5.75 Å². The molecule has 0 bridgehead atoms. The number of anilines is 1. The summed E-state index contributed by atoms with van der Waals surface area (Å²) in [6.45, 7) is 3.21. The first-order chi connectivity index (χ1) is 12.4. The van der Waals surface area contributed by atoms with Gasteiger partial charge in [0.2, 0.25) is 0 Å². The fraction of sp³-hybridized carbons (Fsp3) is 0.600. The molecule has 0 spiro atoms. The van der Waals surface area contributed by atoms with Crippen LogP contribution in [0.2, 0.25) is 0 Å². The summed E-state index contributed by atoms with van der Waals surface area (Å²) < 4.78 is 5.43. The molecule has 2 heterocycles. The lowest BCUT2D eigenvalue weighted by Gasteiger charge is -2.50. The number of aliphatic hydroxyl groups is 1. The third-order valence-corrected chi connectivity index (χ3v) is 6.52. The fourth-order valence-corrected chi connectivity index (χ4v) is 4.43. The van der Waals surface area contributed by atoms with Crippen LogP contribution in [0.4, 0.5) is 5.69 Å². The van der Waals surface area contributed by atoms with Gasteiger partial charge in [0, 0.05) is 31.6 Å². The number of hydrogen-bond acceptors (Lipinski definition) is 4. The molecule has 2 atom stereocenters. The summed E-state index contributed by atoms with van der Waals surface area (Å²) in [6, 6.07) is 5.23. The molecule has 0 radical (unpaired) electrons. The maximum absolute atomic E-state index is 13.0. The molecule has 2 fully saturated rings. The zero-order chi connectivity index (χ0) is 18.5. The first-order valence-electron chi connectivity index (χ1n) is 9.45. The number of fused-ring (bicyclic) bond motifs is 1. The third-order valence-electron chi connectivity index (χ3n) is 6.52. The van der Waals surface area contributed by atoms with E-state index in [9.17, 15) is 14.7 Å². The van der Waals surface area contributed by atoms with Gasteiger partial charge in [-0.25, -0.2) is 0 Å². The van der Waals surface area contributed by atoms with Crippen molar-refractivity contribution in [3.8, 4) is 5.75 Å². The molecule has 1 saturated carbocycles. The highest BCUT2D eigenvalue weighted by atomic mass is 16.5. The largest absolute Gasteiger partial charge is 0.482 e. The van der Waals surface area contributed by atoms with Crippen molar-refractivity contribution in [2.24, 2.45) is 11.8 Å². The van der Waals surface area contributed by atoms with E-state index in [1.54, 1.807) is 25.2 Å². The van der Waals surface area contributed by atoms with Crippen molar-refractivity contribution in [2.45, 2.75) is 38.2 Å². The number of benzene rings is 1. The average molecular weight is 358 g/mol. The summed E-state index contributed by atoms with van der Waals surface area (Å²) in [5, 5.41) is 11.1. The van der Waals surface area contributed by atoms with E-state index in [1.165, 1.54) is 11.3 Å². The number of carbonyl (C=O) groups excluding carboxylic acids is 2. The van der Waals surface area contributed by atoms with Crippen LogP contribution in [0.1, 0.15) is 43.0 Å². The second kappa shape index (κ2) is 6.27. The zero-order valence-corrected chi connectivity index (χ0v) is 15.4. The fourth-order valence-electron chi connectivity index (χ4n) is 4.43. The zero-order valence-electron chi connectivity index (χ0n) is 15.4. The molecule has 0 unspecified atom stereocenters. The van der Waals surface area contributed by atoms with Crippen molar-refractivity contribution in [3.05, 3.63) is 23.8 Å². The Morgan fingerprint density at radius 3 is 2.77 bits per heavy atom. The molecule has 0 aromatic heterocycles. The van der Waals surface area contributed by atoms with Gasteiger partial charge >= 0.3 is 0 Å². The molecule has 1 aromatic carbocycles. The molecule has 1 N–H and O–H groups in total. The Morgan fingerprint density at radius 2 is 2.12 bits per heavy atom. The van der Waals surface area contributed by atoms with Crippen LogP contribution >= 0.6 is 0 Å². The van der Waals surface area contributed by atoms with E-state index < -0.39 is 5.60 Å². The maximum Gasteiger partial charge on any atom is 0.264 e. The van der Waals surface area contributed by atoms with E-state index in [-0.39, 0.29) is 24.3 Å². The predicted octanol–water partition coefficient (Wildman–Crippen LogP) is 2.05. The van der Waals surface area contributed by atoms with Gasteiger partial charge in [-0.15, -0.1) is 0 Å². The second-order valence-corrected chi connectivity index (χ2v) is 7.95. The summed E-state index contributed by atoms with van der Waals surface area (Å²) in [7, 11) is 1.69. The molecular weight excluding hydrogens is 332 g/mol. The Morgan fingerprint density at radius 1 is 1.35 bits per heavy atom. The van der Waals surface area contributed by atoms with Gasteiger partial charge in [-0.05, 0) is 43.4 Å². The minimum absolute atomic E-state index is 0.0280. The average Bonchev–Trinajstić information content (AvgIpc) is 2.58. The van der Waals surface area contributed by atoms with Crippen LogP contribution in [0, 0.1) is 11.8 Å².